The Hall–Kier alpha value is -3.23. The molecule has 0 aliphatic rings. The lowest BCUT2D eigenvalue weighted by molar-refractivity contribution is -0.157. The number of carbonyl (C=O) groups is 1. The molecule has 4 nitrogen and oxygen atoms in total. The fourth-order valence-electron chi connectivity index (χ4n) is 2.40. The molecule has 0 fully saturated rings. The van der Waals surface area contributed by atoms with Gasteiger partial charge in [-0.05, 0) is 37.3 Å². The van der Waals surface area contributed by atoms with Crippen molar-refractivity contribution >= 4 is 11.6 Å². The summed E-state index contributed by atoms with van der Waals surface area (Å²) in [4.78, 5) is 15.3. The van der Waals surface area contributed by atoms with Gasteiger partial charge in [-0.15, -0.1) is 0 Å². The van der Waals surface area contributed by atoms with Crippen LogP contribution in [-0.4, -0.2) is 10.9 Å². The van der Waals surface area contributed by atoms with Gasteiger partial charge in [-0.2, -0.15) is 13.2 Å². The summed E-state index contributed by atoms with van der Waals surface area (Å²) in [6, 6.07) is 8.55. The zero-order valence-corrected chi connectivity index (χ0v) is 13.7. The summed E-state index contributed by atoms with van der Waals surface area (Å²) in [5, 5.41) is 2.32. The number of aryl methyl sites for hydroxylation is 1. The molecule has 0 radical (unpaired) electrons. The van der Waals surface area contributed by atoms with Crippen LogP contribution in [0.1, 0.15) is 22.0 Å². The summed E-state index contributed by atoms with van der Waals surface area (Å²) in [7, 11) is 0. The molecule has 140 valence electrons. The summed E-state index contributed by atoms with van der Waals surface area (Å²) >= 11 is 0. The molecule has 0 unspecified atom stereocenters. The van der Waals surface area contributed by atoms with Crippen LogP contribution in [-0.2, 0) is 6.18 Å². The van der Waals surface area contributed by atoms with E-state index in [4.69, 9.17) is 0 Å². The van der Waals surface area contributed by atoms with Crippen molar-refractivity contribution in [2.75, 3.05) is 5.32 Å². The van der Waals surface area contributed by atoms with Crippen LogP contribution in [0.25, 0.3) is 11.3 Å². The highest BCUT2D eigenvalue weighted by atomic mass is 19.4. The van der Waals surface area contributed by atoms with Crippen molar-refractivity contribution < 1.29 is 31.2 Å². The highest BCUT2D eigenvalue weighted by molar-refractivity contribution is 6.04. The third kappa shape index (κ3) is 3.81. The van der Waals surface area contributed by atoms with E-state index in [1.54, 1.807) is 0 Å². The topological polar surface area (TPSA) is 55.1 Å². The minimum atomic E-state index is -4.80. The zero-order chi connectivity index (χ0) is 19.8. The maximum absolute atomic E-state index is 14.4. The van der Waals surface area contributed by atoms with Gasteiger partial charge in [-0.3, -0.25) is 4.79 Å². The molecule has 0 bridgehead atoms. The predicted molar refractivity (Wildman–Crippen MR) is 86.0 cm³/mol. The largest absolute Gasteiger partial charge is 0.468 e. The number of aromatic nitrogens is 1. The Morgan fingerprint density at radius 2 is 1.78 bits per heavy atom. The maximum atomic E-state index is 14.4. The Morgan fingerprint density at radius 1 is 1.07 bits per heavy atom. The Bertz CT molecular complexity index is 1010. The fourth-order valence-corrected chi connectivity index (χ4v) is 2.40. The van der Waals surface area contributed by atoms with Crippen molar-refractivity contribution in [3.05, 3.63) is 71.3 Å². The van der Waals surface area contributed by atoms with Crippen LogP contribution in [0.3, 0.4) is 0 Å². The predicted octanol–water partition coefficient (Wildman–Crippen LogP) is 5.20. The van der Waals surface area contributed by atoms with Gasteiger partial charge in [0.2, 0.25) is 0 Å². The molecule has 0 aliphatic heterocycles. The Balaban J connectivity index is 1.88. The average molecular weight is 382 g/mol. The first-order valence-corrected chi connectivity index (χ1v) is 7.57. The minimum Gasteiger partial charge on any atom is -0.438 e. The number of oxazole rings is 1. The summed E-state index contributed by atoms with van der Waals surface area (Å²) in [6.45, 7) is 1.23. The van der Waals surface area contributed by atoms with E-state index in [-0.39, 0.29) is 28.3 Å². The summed E-state index contributed by atoms with van der Waals surface area (Å²) in [5.41, 5.74) is -0.756. The number of rotatable bonds is 3. The second-order valence-corrected chi connectivity index (χ2v) is 5.55. The van der Waals surface area contributed by atoms with Crippen LogP contribution in [0, 0.1) is 18.6 Å². The van der Waals surface area contributed by atoms with Gasteiger partial charge in [0.25, 0.3) is 5.91 Å². The lowest BCUT2D eigenvalue weighted by atomic mass is 10.1. The highest BCUT2D eigenvalue weighted by Gasteiger charge is 2.38. The molecule has 0 spiro atoms. The number of hydrogen-bond donors (Lipinski definition) is 1. The van der Waals surface area contributed by atoms with Gasteiger partial charge in [0.05, 0.1) is 5.56 Å². The first-order valence-electron chi connectivity index (χ1n) is 7.57. The van der Waals surface area contributed by atoms with Gasteiger partial charge in [0, 0.05) is 11.3 Å². The summed E-state index contributed by atoms with van der Waals surface area (Å²) in [6.07, 6.45) is -4.80. The minimum absolute atomic E-state index is 0.00157. The van der Waals surface area contributed by atoms with E-state index >= 15 is 0 Å². The summed E-state index contributed by atoms with van der Waals surface area (Å²) in [5.74, 6) is -4.15. The normalized spacial score (nSPS) is 11.5. The molecule has 3 rings (SSSR count). The Morgan fingerprint density at radius 3 is 2.37 bits per heavy atom. The van der Waals surface area contributed by atoms with Crippen molar-refractivity contribution in [2.45, 2.75) is 13.1 Å². The molecular weight excluding hydrogens is 371 g/mol. The quantitative estimate of drug-likeness (QED) is 0.634. The number of nitrogens with one attached hydrogen (secondary N) is 1. The number of alkyl halides is 3. The average Bonchev–Trinajstić information content (AvgIpc) is 2.97. The molecule has 1 N–H and O–H groups in total. The molecule has 9 heteroatoms. The van der Waals surface area contributed by atoms with E-state index < -0.39 is 29.6 Å². The molecule has 0 aliphatic carbocycles. The van der Waals surface area contributed by atoms with Gasteiger partial charge in [0.1, 0.15) is 23.1 Å². The molecule has 0 saturated carbocycles. The van der Waals surface area contributed by atoms with Crippen LogP contribution in [0.15, 0.2) is 46.9 Å². The molecule has 1 amide bonds. The summed E-state index contributed by atoms with van der Waals surface area (Å²) < 4.78 is 70.5. The van der Waals surface area contributed by atoms with Crippen molar-refractivity contribution in [3.63, 3.8) is 0 Å². The molecule has 1 heterocycles. The van der Waals surface area contributed by atoms with Crippen molar-refractivity contribution in [3.8, 4) is 11.3 Å². The van der Waals surface area contributed by atoms with E-state index in [1.165, 1.54) is 31.2 Å². The number of halogens is 5. The Kier molecular flexibility index (Phi) is 4.69. The zero-order valence-electron chi connectivity index (χ0n) is 13.7. The van der Waals surface area contributed by atoms with E-state index in [2.05, 4.69) is 14.7 Å². The van der Waals surface area contributed by atoms with Crippen LogP contribution in [0.5, 0.6) is 0 Å². The van der Waals surface area contributed by atoms with Gasteiger partial charge in [-0.25, -0.2) is 13.8 Å². The van der Waals surface area contributed by atoms with Crippen molar-refractivity contribution in [2.24, 2.45) is 0 Å². The molecule has 0 saturated heterocycles. The molecule has 0 atom stereocenters. The van der Waals surface area contributed by atoms with E-state index in [1.807, 2.05) is 0 Å². The number of benzene rings is 2. The molecule has 3 aromatic rings. The first kappa shape index (κ1) is 18.6. The second-order valence-electron chi connectivity index (χ2n) is 5.55. The Labute approximate surface area is 149 Å². The van der Waals surface area contributed by atoms with E-state index in [9.17, 15) is 26.7 Å². The molecule has 2 aromatic carbocycles. The van der Waals surface area contributed by atoms with Gasteiger partial charge in [0.15, 0.2) is 0 Å². The lowest BCUT2D eigenvalue weighted by Crippen LogP contribution is -2.13. The fraction of sp³-hybridized carbons (Fsp3) is 0.111. The van der Waals surface area contributed by atoms with E-state index in [0.29, 0.717) is 0 Å². The number of carbonyl (C=O) groups excluding carboxylic acids is 1. The maximum Gasteiger partial charge on any atom is 0.468 e. The van der Waals surface area contributed by atoms with Crippen LogP contribution in [0.2, 0.25) is 0 Å². The smallest absolute Gasteiger partial charge is 0.438 e. The number of anilines is 1. The third-order valence-electron chi connectivity index (χ3n) is 3.64. The number of amides is 1. The van der Waals surface area contributed by atoms with Gasteiger partial charge < -0.3 is 9.73 Å². The number of nitrogens with zero attached hydrogens (tertiary/aromatic N) is 1. The van der Waals surface area contributed by atoms with Gasteiger partial charge >= 0.3 is 12.1 Å². The standard InChI is InChI=1S/C18H11F5N2O2/c1-9-15(25-17(27-9)18(21,22)23)11-7-6-10(8-14(11)20)24-16(26)12-4-2-3-5-13(12)19/h2-8H,1H3,(H,24,26). The molecular formula is C18H11F5N2O2. The first-order chi connectivity index (χ1) is 12.7. The number of hydrogen-bond acceptors (Lipinski definition) is 3. The third-order valence-corrected chi connectivity index (χ3v) is 3.64. The van der Waals surface area contributed by atoms with Crippen LogP contribution < -0.4 is 5.32 Å². The second kappa shape index (κ2) is 6.82. The van der Waals surface area contributed by atoms with Crippen molar-refractivity contribution in [1.82, 2.24) is 4.98 Å². The van der Waals surface area contributed by atoms with Crippen LogP contribution in [0.4, 0.5) is 27.6 Å². The van der Waals surface area contributed by atoms with Gasteiger partial charge in [-0.1, -0.05) is 12.1 Å². The van der Waals surface area contributed by atoms with Crippen molar-refractivity contribution in [1.29, 1.82) is 0 Å². The lowest BCUT2D eigenvalue weighted by Gasteiger charge is -2.08. The monoisotopic (exact) mass is 382 g/mol. The SMILES string of the molecule is Cc1oc(C(F)(F)F)nc1-c1ccc(NC(=O)c2ccccc2F)cc1F. The molecule has 27 heavy (non-hydrogen) atoms. The molecule has 1 aromatic heterocycles. The highest BCUT2D eigenvalue weighted by Crippen LogP contribution is 2.34. The van der Waals surface area contributed by atoms with E-state index in [0.717, 1.165) is 18.2 Å². The van der Waals surface area contributed by atoms with Crippen LogP contribution >= 0.6 is 0 Å².